The van der Waals surface area contributed by atoms with Gasteiger partial charge in [-0.1, -0.05) is 97.2 Å². The highest BCUT2D eigenvalue weighted by atomic mass is 28.3. The van der Waals surface area contributed by atoms with Crippen molar-refractivity contribution in [3.05, 3.63) is 83.2 Å². The van der Waals surface area contributed by atoms with E-state index in [1.807, 2.05) is 36.4 Å². The Bertz CT molecular complexity index is 830. The molecule has 132 valence electrons. The molecule has 0 heterocycles. The van der Waals surface area contributed by atoms with E-state index in [-0.39, 0.29) is 11.6 Å². The molecule has 0 amide bonds. The number of benzene rings is 2. The maximum absolute atomic E-state index is 13.0. The van der Waals surface area contributed by atoms with Crippen LogP contribution >= 0.6 is 0 Å². The van der Waals surface area contributed by atoms with Gasteiger partial charge in [-0.3, -0.25) is 9.59 Å². The largest absolute Gasteiger partial charge is 0.290 e. The summed E-state index contributed by atoms with van der Waals surface area (Å²) in [6, 6.07) is 20.2. The van der Waals surface area contributed by atoms with Gasteiger partial charge in [-0.2, -0.15) is 0 Å². The molecule has 2 aromatic rings. The fraction of sp³-hybridized carbons (Fsp3) is 0.182. The van der Waals surface area contributed by atoms with Crippen molar-refractivity contribution in [3.63, 3.8) is 0 Å². The summed E-state index contributed by atoms with van der Waals surface area (Å²) in [6.45, 7) is 8.55. The Kier molecular flexibility index (Phi) is 4.82. The molecule has 2 aromatic carbocycles. The average molecular weight is 377 g/mol. The Morgan fingerprint density at radius 3 is 1.15 bits per heavy atom. The van der Waals surface area contributed by atoms with Crippen LogP contribution in [-0.2, 0) is 9.59 Å². The molecule has 1 aliphatic rings. The predicted octanol–water partition coefficient (Wildman–Crippen LogP) is 3.30. The van der Waals surface area contributed by atoms with E-state index in [2.05, 4.69) is 50.5 Å². The lowest BCUT2D eigenvalue weighted by Crippen LogP contribution is -2.50. The first-order chi connectivity index (χ1) is 12.2. The van der Waals surface area contributed by atoms with E-state index >= 15 is 0 Å². The number of ketones is 2. The zero-order chi connectivity index (χ0) is 18.9. The predicted molar refractivity (Wildman–Crippen MR) is 113 cm³/mol. The Labute approximate surface area is 157 Å². The number of hydrogen-bond acceptors (Lipinski definition) is 2. The molecule has 0 saturated carbocycles. The van der Waals surface area contributed by atoms with Gasteiger partial charge in [-0.15, -0.1) is 0 Å². The van der Waals surface area contributed by atoms with Gasteiger partial charge in [0.25, 0.3) is 0 Å². The molecule has 0 atom stereocenters. The molecule has 0 spiro atoms. The van der Waals surface area contributed by atoms with Crippen LogP contribution in [-0.4, -0.2) is 27.7 Å². The van der Waals surface area contributed by atoms with Crippen molar-refractivity contribution in [2.75, 3.05) is 0 Å². The third kappa shape index (κ3) is 3.22. The monoisotopic (exact) mass is 376 g/mol. The van der Waals surface area contributed by atoms with Crippen LogP contribution in [0, 0.1) is 0 Å². The molecule has 4 heteroatoms. The van der Waals surface area contributed by atoms with Crippen LogP contribution in [0.5, 0.6) is 0 Å². The van der Waals surface area contributed by atoms with Crippen LogP contribution in [0.2, 0.25) is 26.2 Å². The quantitative estimate of drug-likeness (QED) is 0.606. The van der Waals surface area contributed by atoms with Crippen LogP contribution in [0.15, 0.2) is 83.2 Å². The van der Waals surface area contributed by atoms with Crippen LogP contribution in [0.4, 0.5) is 0 Å². The first-order valence-electron chi connectivity index (χ1n) is 8.88. The minimum absolute atomic E-state index is 0.0108. The van der Waals surface area contributed by atoms with Crippen molar-refractivity contribution in [2.24, 2.45) is 0 Å². The minimum Gasteiger partial charge on any atom is -0.290 e. The normalized spacial score (nSPS) is 15.5. The summed E-state index contributed by atoms with van der Waals surface area (Å²) < 4.78 is 0. The number of rotatable bonds is 4. The van der Waals surface area contributed by atoms with Crippen molar-refractivity contribution in [2.45, 2.75) is 26.2 Å². The lowest BCUT2D eigenvalue weighted by molar-refractivity contribution is -0.114. The highest BCUT2D eigenvalue weighted by Gasteiger charge is 2.39. The van der Waals surface area contributed by atoms with Gasteiger partial charge in [0, 0.05) is 0 Å². The molecule has 0 bridgehead atoms. The standard InChI is InChI=1S/C22H24O2Si2/c1-25(2,17-11-7-5-8-12-17)21-15-20(24)22(16-19(21)23)26(3,4)18-13-9-6-10-14-18/h5-16H,1-4H3. The SMILES string of the molecule is C[Si](C)(C1=CC(=O)C([Si](C)(C)c2ccccc2)=CC1=O)c1ccccc1. The van der Waals surface area contributed by atoms with E-state index in [1.165, 1.54) is 10.4 Å². The fourth-order valence-corrected chi connectivity index (χ4v) is 8.59. The topological polar surface area (TPSA) is 34.1 Å². The molecule has 2 nitrogen and oxygen atoms in total. The van der Waals surface area contributed by atoms with Gasteiger partial charge in [0.2, 0.25) is 0 Å². The maximum Gasteiger partial charge on any atom is 0.178 e. The van der Waals surface area contributed by atoms with E-state index in [9.17, 15) is 9.59 Å². The first kappa shape index (κ1) is 18.5. The molecule has 0 radical (unpaired) electrons. The van der Waals surface area contributed by atoms with Gasteiger partial charge < -0.3 is 0 Å². The molecular weight excluding hydrogens is 352 g/mol. The minimum atomic E-state index is -2.19. The molecule has 1 aliphatic carbocycles. The lowest BCUT2D eigenvalue weighted by atomic mass is 10.1. The molecule has 0 N–H and O–H groups in total. The number of hydrogen-bond donors (Lipinski definition) is 0. The zero-order valence-corrected chi connectivity index (χ0v) is 17.7. The van der Waals surface area contributed by atoms with E-state index in [0.29, 0.717) is 10.4 Å². The van der Waals surface area contributed by atoms with Crippen LogP contribution < -0.4 is 10.4 Å². The van der Waals surface area contributed by atoms with Crippen LogP contribution in [0.25, 0.3) is 0 Å². The smallest absolute Gasteiger partial charge is 0.178 e. The molecule has 0 unspecified atom stereocenters. The van der Waals surface area contributed by atoms with Crippen molar-refractivity contribution in [1.82, 2.24) is 0 Å². The van der Waals surface area contributed by atoms with E-state index in [1.54, 1.807) is 12.2 Å². The van der Waals surface area contributed by atoms with Gasteiger partial charge >= 0.3 is 0 Å². The molecule has 0 aliphatic heterocycles. The Hall–Kier alpha value is -2.31. The highest BCUT2D eigenvalue weighted by Crippen LogP contribution is 2.26. The summed E-state index contributed by atoms with van der Waals surface area (Å²) in [4.78, 5) is 26.0. The highest BCUT2D eigenvalue weighted by molar-refractivity contribution is 7.02. The second-order valence-electron chi connectivity index (χ2n) is 7.83. The molecule has 0 saturated heterocycles. The Morgan fingerprint density at radius 2 is 0.846 bits per heavy atom. The number of allylic oxidation sites excluding steroid dienone is 4. The molecule has 3 rings (SSSR count). The maximum atomic E-state index is 13.0. The molecule has 26 heavy (non-hydrogen) atoms. The summed E-state index contributed by atoms with van der Waals surface area (Å²) in [7, 11) is -4.38. The van der Waals surface area contributed by atoms with Crippen molar-refractivity contribution in [3.8, 4) is 0 Å². The van der Waals surface area contributed by atoms with Crippen molar-refractivity contribution in [1.29, 1.82) is 0 Å². The van der Waals surface area contributed by atoms with Crippen molar-refractivity contribution < 1.29 is 9.59 Å². The Balaban J connectivity index is 1.99. The van der Waals surface area contributed by atoms with Crippen LogP contribution in [0.3, 0.4) is 0 Å². The summed E-state index contributed by atoms with van der Waals surface area (Å²) >= 11 is 0. The lowest BCUT2D eigenvalue weighted by Gasteiger charge is -2.31. The second kappa shape index (κ2) is 6.78. The van der Waals surface area contributed by atoms with Crippen LogP contribution in [0.1, 0.15) is 0 Å². The van der Waals surface area contributed by atoms with E-state index < -0.39 is 16.1 Å². The Morgan fingerprint density at radius 1 is 0.538 bits per heavy atom. The third-order valence-electron chi connectivity index (χ3n) is 5.42. The third-order valence-corrected chi connectivity index (χ3v) is 12.4. The molecule has 0 aromatic heterocycles. The van der Waals surface area contributed by atoms with Gasteiger partial charge in [-0.05, 0) is 22.5 Å². The number of carbonyl (C=O) groups excluding carboxylic acids is 2. The first-order valence-corrected chi connectivity index (χ1v) is 14.9. The summed E-state index contributed by atoms with van der Waals surface area (Å²) in [5, 5.41) is 3.75. The summed E-state index contributed by atoms with van der Waals surface area (Å²) in [5.74, 6) is 0.0215. The van der Waals surface area contributed by atoms with Gasteiger partial charge in [-0.25, -0.2) is 0 Å². The molecule has 0 fully saturated rings. The average Bonchev–Trinajstić information content (AvgIpc) is 2.64. The second-order valence-corrected chi connectivity index (χ2v) is 16.6. The van der Waals surface area contributed by atoms with Gasteiger partial charge in [0.05, 0.1) is 0 Å². The molecular formula is C22H24O2Si2. The number of carbonyl (C=O) groups is 2. The summed E-state index contributed by atoms with van der Waals surface area (Å²) in [6.07, 6.45) is 3.27. The van der Waals surface area contributed by atoms with Gasteiger partial charge in [0.1, 0.15) is 16.1 Å². The van der Waals surface area contributed by atoms with Gasteiger partial charge in [0.15, 0.2) is 11.6 Å². The van der Waals surface area contributed by atoms with E-state index in [4.69, 9.17) is 0 Å². The summed E-state index contributed by atoms with van der Waals surface area (Å²) in [5.41, 5.74) is 0. The van der Waals surface area contributed by atoms with E-state index in [0.717, 1.165) is 0 Å². The zero-order valence-electron chi connectivity index (χ0n) is 15.7. The fourth-order valence-electron chi connectivity index (χ4n) is 3.56. The van der Waals surface area contributed by atoms with Crippen molar-refractivity contribution >= 4 is 38.1 Å².